The highest BCUT2D eigenvalue weighted by Gasteiger charge is 2.16. The summed E-state index contributed by atoms with van der Waals surface area (Å²) in [4.78, 5) is 11.1. The largest absolute Gasteiger partial charge is 0.444 e. The molecular formula is C9H20N2O3. The van der Waals surface area contributed by atoms with Gasteiger partial charge in [-0.1, -0.05) is 0 Å². The van der Waals surface area contributed by atoms with Crippen molar-refractivity contribution in [3.8, 4) is 0 Å². The Hall–Kier alpha value is -0.810. The number of nitrogens with two attached hydrogens (primary N) is 1. The fourth-order valence-electron chi connectivity index (χ4n) is 0.810. The van der Waals surface area contributed by atoms with Crippen LogP contribution >= 0.6 is 0 Å². The highest BCUT2D eigenvalue weighted by atomic mass is 16.6. The molecule has 0 aromatic rings. The van der Waals surface area contributed by atoms with Crippen LogP contribution in [0.5, 0.6) is 0 Å². The molecule has 14 heavy (non-hydrogen) atoms. The summed E-state index contributed by atoms with van der Waals surface area (Å²) in [5, 5.41) is 11.7. The molecule has 0 aliphatic rings. The smallest absolute Gasteiger partial charge is 0.407 e. The minimum atomic E-state index is -0.604. The summed E-state index contributed by atoms with van der Waals surface area (Å²) < 4.78 is 4.97. The lowest BCUT2D eigenvalue weighted by atomic mass is 10.2. The molecule has 1 amide bonds. The van der Waals surface area contributed by atoms with Crippen molar-refractivity contribution in [3.63, 3.8) is 0 Å². The number of carbonyl (C=O) groups excluding carboxylic acids is 1. The number of hydrogen-bond acceptors (Lipinski definition) is 4. The van der Waals surface area contributed by atoms with Gasteiger partial charge in [-0.15, -0.1) is 0 Å². The normalized spacial score (nSPS) is 13.5. The van der Waals surface area contributed by atoms with Crippen molar-refractivity contribution in [1.29, 1.82) is 0 Å². The van der Waals surface area contributed by atoms with E-state index in [2.05, 4.69) is 5.32 Å². The number of ether oxygens (including phenoxy) is 1. The fourth-order valence-corrected chi connectivity index (χ4v) is 0.810. The molecule has 0 aliphatic heterocycles. The Balaban J connectivity index is 3.64. The van der Waals surface area contributed by atoms with E-state index in [4.69, 9.17) is 10.5 Å². The van der Waals surface area contributed by atoms with Crippen LogP contribution in [-0.4, -0.2) is 36.0 Å². The summed E-state index contributed by atoms with van der Waals surface area (Å²) in [6.07, 6.45) is -0.656. The molecule has 0 fully saturated rings. The van der Waals surface area contributed by atoms with Gasteiger partial charge in [-0.2, -0.15) is 0 Å². The first kappa shape index (κ1) is 13.2. The lowest BCUT2D eigenvalue weighted by Crippen LogP contribution is -2.37. The van der Waals surface area contributed by atoms with Crippen LogP contribution in [0, 0.1) is 0 Å². The number of hydrogen-bond donors (Lipinski definition) is 3. The Morgan fingerprint density at radius 2 is 2.14 bits per heavy atom. The zero-order valence-corrected chi connectivity index (χ0v) is 9.04. The van der Waals surface area contributed by atoms with E-state index in [0.717, 1.165) is 0 Å². The van der Waals surface area contributed by atoms with E-state index in [9.17, 15) is 9.90 Å². The second-order valence-corrected chi connectivity index (χ2v) is 4.11. The summed E-state index contributed by atoms with van der Waals surface area (Å²) >= 11 is 0. The van der Waals surface area contributed by atoms with E-state index < -0.39 is 17.8 Å². The Morgan fingerprint density at radius 3 is 2.57 bits per heavy atom. The number of aliphatic hydroxyl groups excluding tert-OH is 1. The standard InChI is InChI=1S/C9H20N2O3/c1-9(2,3)14-8(13)11-6-7(12)4-5-10/h7,12H,4-6,10H2,1-3H3,(H,11,13). The van der Waals surface area contributed by atoms with E-state index in [1.165, 1.54) is 0 Å². The number of carbonyl (C=O) groups is 1. The van der Waals surface area contributed by atoms with E-state index in [1.807, 2.05) is 0 Å². The van der Waals surface area contributed by atoms with Gasteiger partial charge < -0.3 is 20.9 Å². The SMILES string of the molecule is CC(C)(C)OC(=O)NCC(O)CCN. The first-order valence-corrected chi connectivity index (χ1v) is 4.70. The van der Waals surface area contributed by atoms with Crippen LogP contribution in [-0.2, 0) is 4.74 Å². The van der Waals surface area contributed by atoms with Crippen LogP contribution in [0.1, 0.15) is 27.2 Å². The maximum atomic E-state index is 11.1. The maximum absolute atomic E-state index is 11.1. The minimum absolute atomic E-state index is 0.173. The quantitative estimate of drug-likeness (QED) is 0.611. The first-order valence-electron chi connectivity index (χ1n) is 4.70. The van der Waals surface area contributed by atoms with Gasteiger partial charge in [0.15, 0.2) is 0 Å². The third-order valence-electron chi connectivity index (χ3n) is 1.38. The maximum Gasteiger partial charge on any atom is 0.407 e. The van der Waals surface area contributed by atoms with Crippen LogP contribution in [0.4, 0.5) is 4.79 Å². The molecule has 4 N–H and O–H groups in total. The Kier molecular flexibility index (Phi) is 5.49. The molecule has 0 rings (SSSR count). The third kappa shape index (κ3) is 7.82. The van der Waals surface area contributed by atoms with Crippen molar-refractivity contribution in [3.05, 3.63) is 0 Å². The molecule has 5 heteroatoms. The Morgan fingerprint density at radius 1 is 1.57 bits per heavy atom. The van der Waals surface area contributed by atoms with Crippen molar-refractivity contribution in [2.75, 3.05) is 13.1 Å². The van der Waals surface area contributed by atoms with Crippen LogP contribution in [0.15, 0.2) is 0 Å². The summed E-state index contributed by atoms with van der Waals surface area (Å²) in [6, 6.07) is 0. The molecule has 1 atom stereocenters. The van der Waals surface area contributed by atoms with E-state index in [1.54, 1.807) is 20.8 Å². The van der Waals surface area contributed by atoms with Crippen molar-refractivity contribution in [1.82, 2.24) is 5.32 Å². The minimum Gasteiger partial charge on any atom is -0.444 e. The van der Waals surface area contributed by atoms with Crippen LogP contribution in [0.2, 0.25) is 0 Å². The van der Waals surface area contributed by atoms with Crippen LogP contribution in [0.25, 0.3) is 0 Å². The monoisotopic (exact) mass is 204 g/mol. The highest BCUT2D eigenvalue weighted by molar-refractivity contribution is 5.67. The molecule has 5 nitrogen and oxygen atoms in total. The lowest BCUT2D eigenvalue weighted by molar-refractivity contribution is 0.0489. The predicted octanol–water partition coefficient (Wildman–Crippen LogP) is 0.221. The summed E-state index contributed by atoms with van der Waals surface area (Å²) in [5.74, 6) is 0. The summed E-state index contributed by atoms with van der Waals surface area (Å²) in [5.41, 5.74) is 4.72. The van der Waals surface area contributed by atoms with Gasteiger partial charge in [0.2, 0.25) is 0 Å². The topological polar surface area (TPSA) is 84.6 Å². The molecule has 0 radical (unpaired) electrons. The van der Waals surface area contributed by atoms with Gasteiger partial charge in [0.05, 0.1) is 6.10 Å². The van der Waals surface area contributed by atoms with E-state index in [-0.39, 0.29) is 6.54 Å². The second-order valence-electron chi connectivity index (χ2n) is 4.11. The lowest BCUT2D eigenvalue weighted by Gasteiger charge is -2.20. The van der Waals surface area contributed by atoms with Gasteiger partial charge in [0.1, 0.15) is 5.60 Å². The summed E-state index contributed by atoms with van der Waals surface area (Å²) in [7, 11) is 0. The van der Waals surface area contributed by atoms with Crippen LogP contribution in [0.3, 0.4) is 0 Å². The van der Waals surface area contributed by atoms with E-state index in [0.29, 0.717) is 13.0 Å². The average molecular weight is 204 g/mol. The molecule has 84 valence electrons. The molecule has 0 saturated heterocycles. The van der Waals surface area contributed by atoms with Gasteiger partial charge in [0.25, 0.3) is 0 Å². The van der Waals surface area contributed by atoms with Crippen molar-refractivity contribution >= 4 is 6.09 Å². The third-order valence-corrected chi connectivity index (χ3v) is 1.38. The zero-order valence-electron chi connectivity index (χ0n) is 9.04. The Labute approximate surface area is 84.6 Å². The highest BCUT2D eigenvalue weighted by Crippen LogP contribution is 2.06. The zero-order chi connectivity index (χ0) is 11.2. The molecule has 0 aliphatic carbocycles. The number of nitrogens with one attached hydrogen (secondary N) is 1. The van der Waals surface area contributed by atoms with Crippen molar-refractivity contribution in [2.24, 2.45) is 5.73 Å². The summed E-state index contributed by atoms with van der Waals surface area (Å²) in [6.45, 7) is 5.91. The Bertz CT molecular complexity index is 177. The molecule has 0 heterocycles. The molecule has 1 unspecified atom stereocenters. The van der Waals surface area contributed by atoms with Gasteiger partial charge >= 0.3 is 6.09 Å². The van der Waals surface area contributed by atoms with E-state index >= 15 is 0 Å². The van der Waals surface area contributed by atoms with Gasteiger partial charge in [0, 0.05) is 6.54 Å². The average Bonchev–Trinajstić information content (AvgIpc) is 1.98. The molecule has 0 aromatic carbocycles. The number of rotatable bonds is 4. The number of amides is 1. The molecule has 0 saturated carbocycles. The molecule has 0 spiro atoms. The van der Waals surface area contributed by atoms with Crippen molar-refractivity contribution < 1.29 is 14.6 Å². The molecule has 0 aromatic heterocycles. The predicted molar refractivity (Wildman–Crippen MR) is 53.9 cm³/mol. The van der Waals surface area contributed by atoms with Gasteiger partial charge in [-0.3, -0.25) is 0 Å². The van der Waals surface area contributed by atoms with Crippen LogP contribution < -0.4 is 11.1 Å². The van der Waals surface area contributed by atoms with Gasteiger partial charge in [-0.05, 0) is 33.7 Å². The van der Waals surface area contributed by atoms with Gasteiger partial charge in [-0.25, -0.2) is 4.79 Å². The number of aliphatic hydroxyl groups is 1. The second kappa shape index (κ2) is 5.82. The molecular weight excluding hydrogens is 184 g/mol. The molecule has 0 bridgehead atoms. The fraction of sp³-hybridized carbons (Fsp3) is 0.889. The number of alkyl carbamates (subject to hydrolysis) is 1. The first-order chi connectivity index (χ1) is 6.35. The van der Waals surface area contributed by atoms with Crippen molar-refractivity contribution in [2.45, 2.75) is 38.9 Å².